The van der Waals surface area contributed by atoms with Gasteiger partial charge in [-0.15, -0.1) is 0 Å². The molecule has 0 spiro atoms. The minimum Gasteiger partial charge on any atom is -0.452 e. The monoisotopic (exact) mass is 444 g/mol. The minimum atomic E-state index is -0.746. The first kappa shape index (κ1) is 21.5. The second kappa shape index (κ2) is 10.0. The molecule has 5 nitrogen and oxygen atoms in total. The van der Waals surface area contributed by atoms with E-state index in [1.54, 1.807) is 42.5 Å². The lowest BCUT2D eigenvalue weighted by Gasteiger charge is -2.10. The van der Waals surface area contributed by atoms with Gasteiger partial charge in [0.1, 0.15) is 5.82 Å². The van der Waals surface area contributed by atoms with Crippen molar-refractivity contribution in [1.82, 2.24) is 4.98 Å². The maximum atomic E-state index is 13.3. The van der Waals surface area contributed by atoms with Gasteiger partial charge in [0, 0.05) is 11.2 Å². The van der Waals surface area contributed by atoms with Crippen LogP contribution in [0.3, 0.4) is 0 Å². The summed E-state index contributed by atoms with van der Waals surface area (Å²) < 4.78 is 18.5. The van der Waals surface area contributed by atoms with Crippen molar-refractivity contribution in [1.29, 1.82) is 0 Å². The number of esters is 1. The van der Waals surface area contributed by atoms with Crippen molar-refractivity contribution < 1.29 is 18.7 Å². The van der Waals surface area contributed by atoms with Crippen LogP contribution in [0.25, 0.3) is 11.6 Å². The number of carbonyl (C=O) groups is 2. The third-order valence-electron chi connectivity index (χ3n) is 3.92. The quantitative estimate of drug-likeness (QED) is 0.244. The molecule has 0 bridgehead atoms. The van der Waals surface area contributed by atoms with Gasteiger partial charge in [-0.05, 0) is 53.6 Å². The summed E-state index contributed by atoms with van der Waals surface area (Å²) >= 11 is 11.8. The summed E-state index contributed by atoms with van der Waals surface area (Å²) in [7, 11) is 0. The van der Waals surface area contributed by atoms with Crippen LogP contribution in [-0.2, 0) is 14.3 Å². The van der Waals surface area contributed by atoms with Gasteiger partial charge in [0.05, 0.1) is 11.3 Å². The molecule has 0 saturated heterocycles. The van der Waals surface area contributed by atoms with Crippen molar-refractivity contribution in [3.8, 4) is 0 Å². The third kappa shape index (κ3) is 5.89. The van der Waals surface area contributed by atoms with E-state index in [2.05, 4.69) is 10.3 Å². The SMILES string of the molecule is O=C(COC(=O)/C(=C\c1ccc(Cl)cc1)c1ccc(F)cc1)Nc1cccnc1Cl. The lowest BCUT2D eigenvalue weighted by molar-refractivity contribution is -0.141. The van der Waals surface area contributed by atoms with E-state index in [1.165, 1.54) is 30.5 Å². The first-order valence-electron chi connectivity index (χ1n) is 8.73. The Morgan fingerprint density at radius 3 is 2.40 bits per heavy atom. The first-order valence-corrected chi connectivity index (χ1v) is 9.48. The van der Waals surface area contributed by atoms with Crippen LogP contribution in [-0.4, -0.2) is 23.5 Å². The van der Waals surface area contributed by atoms with E-state index < -0.39 is 24.3 Å². The second-order valence-electron chi connectivity index (χ2n) is 6.08. The van der Waals surface area contributed by atoms with Gasteiger partial charge in [-0.3, -0.25) is 4.79 Å². The molecular weight excluding hydrogens is 430 g/mol. The summed E-state index contributed by atoms with van der Waals surface area (Å²) in [6.45, 7) is -0.538. The number of nitrogens with zero attached hydrogens (tertiary/aromatic N) is 1. The average molecular weight is 445 g/mol. The van der Waals surface area contributed by atoms with Crippen LogP contribution in [0, 0.1) is 5.82 Å². The molecule has 0 atom stereocenters. The van der Waals surface area contributed by atoms with Gasteiger partial charge in [-0.1, -0.05) is 47.5 Å². The average Bonchev–Trinajstić information content (AvgIpc) is 2.74. The molecule has 0 aliphatic rings. The Morgan fingerprint density at radius 1 is 1.03 bits per heavy atom. The highest BCUT2D eigenvalue weighted by atomic mass is 35.5. The highest BCUT2D eigenvalue weighted by Crippen LogP contribution is 2.22. The Kier molecular flexibility index (Phi) is 7.17. The fraction of sp³-hybridized carbons (Fsp3) is 0.0455. The molecule has 0 unspecified atom stereocenters. The summed E-state index contributed by atoms with van der Waals surface area (Å²) in [5.41, 5.74) is 1.58. The summed E-state index contributed by atoms with van der Waals surface area (Å²) in [6.07, 6.45) is 3.05. The number of benzene rings is 2. The second-order valence-corrected chi connectivity index (χ2v) is 6.88. The van der Waals surface area contributed by atoms with E-state index in [4.69, 9.17) is 27.9 Å². The highest BCUT2D eigenvalue weighted by molar-refractivity contribution is 6.32. The van der Waals surface area contributed by atoms with Gasteiger partial charge in [0.2, 0.25) is 0 Å². The number of hydrogen-bond acceptors (Lipinski definition) is 4. The van der Waals surface area contributed by atoms with Crippen LogP contribution < -0.4 is 5.32 Å². The topological polar surface area (TPSA) is 68.3 Å². The molecule has 1 N–H and O–H groups in total. The normalized spacial score (nSPS) is 11.1. The summed E-state index contributed by atoms with van der Waals surface area (Å²) in [6, 6.07) is 15.3. The molecule has 152 valence electrons. The standard InChI is InChI=1S/C22H15Cl2FN2O3/c23-16-7-3-14(4-8-16)12-18(15-5-9-17(25)10-6-15)22(29)30-13-20(28)27-19-2-1-11-26-21(19)24/h1-12H,13H2,(H,27,28)/b18-12-. The zero-order valence-electron chi connectivity index (χ0n) is 15.4. The highest BCUT2D eigenvalue weighted by Gasteiger charge is 2.16. The Morgan fingerprint density at radius 2 is 1.73 bits per heavy atom. The lowest BCUT2D eigenvalue weighted by Crippen LogP contribution is -2.21. The van der Waals surface area contributed by atoms with E-state index >= 15 is 0 Å². The number of aromatic nitrogens is 1. The number of rotatable bonds is 6. The van der Waals surface area contributed by atoms with Crippen LogP contribution in [0.1, 0.15) is 11.1 Å². The van der Waals surface area contributed by atoms with Gasteiger partial charge in [0.15, 0.2) is 11.8 Å². The molecule has 0 radical (unpaired) electrons. The van der Waals surface area contributed by atoms with Crippen LogP contribution in [0.5, 0.6) is 0 Å². The Hall–Kier alpha value is -3.22. The maximum absolute atomic E-state index is 13.3. The van der Waals surface area contributed by atoms with Crippen LogP contribution >= 0.6 is 23.2 Å². The molecule has 1 amide bonds. The van der Waals surface area contributed by atoms with Gasteiger partial charge in [-0.2, -0.15) is 0 Å². The van der Waals surface area contributed by atoms with Gasteiger partial charge < -0.3 is 10.1 Å². The molecule has 1 heterocycles. The number of nitrogens with one attached hydrogen (secondary N) is 1. The Balaban J connectivity index is 1.76. The predicted molar refractivity (Wildman–Crippen MR) is 115 cm³/mol. The zero-order valence-corrected chi connectivity index (χ0v) is 17.0. The van der Waals surface area contributed by atoms with E-state index in [-0.39, 0.29) is 10.7 Å². The van der Waals surface area contributed by atoms with Crippen LogP contribution in [0.15, 0.2) is 66.9 Å². The molecule has 0 fully saturated rings. The van der Waals surface area contributed by atoms with Gasteiger partial charge in [0.25, 0.3) is 5.91 Å². The zero-order chi connectivity index (χ0) is 21.5. The lowest BCUT2D eigenvalue weighted by atomic mass is 10.0. The van der Waals surface area contributed by atoms with Crippen molar-refractivity contribution in [3.05, 3.63) is 94.0 Å². The van der Waals surface area contributed by atoms with Crippen molar-refractivity contribution in [2.24, 2.45) is 0 Å². The van der Waals surface area contributed by atoms with Crippen LogP contribution in [0.4, 0.5) is 10.1 Å². The summed E-state index contributed by atoms with van der Waals surface area (Å²) in [5.74, 6) is -1.77. The third-order valence-corrected chi connectivity index (χ3v) is 4.48. The summed E-state index contributed by atoms with van der Waals surface area (Å²) in [4.78, 5) is 28.7. The molecule has 3 rings (SSSR count). The molecule has 8 heteroatoms. The fourth-order valence-electron chi connectivity index (χ4n) is 2.49. The number of hydrogen-bond donors (Lipinski definition) is 1. The van der Waals surface area contributed by atoms with Crippen molar-refractivity contribution >= 4 is 52.4 Å². The van der Waals surface area contributed by atoms with E-state index in [0.717, 1.165) is 0 Å². The number of carbonyl (C=O) groups excluding carboxylic acids is 2. The Labute approximate surface area is 182 Å². The van der Waals surface area contributed by atoms with Crippen molar-refractivity contribution in [3.63, 3.8) is 0 Å². The molecule has 1 aromatic heterocycles. The van der Waals surface area contributed by atoms with Gasteiger partial charge in [-0.25, -0.2) is 14.2 Å². The Bertz CT molecular complexity index is 1080. The predicted octanol–water partition coefficient (Wildman–Crippen LogP) is 5.25. The van der Waals surface area contributed by atoms with Crippen molar-refractivity contribution in [2.75, 3.05) is 11.9 Å². The van der Waals surface area contributed by atoms with E-state index in [1.807, 2.05) is 0 Å². The van der Waals surface area contributed by atoms with E-state index in [9.17, 15) is 14.0 Å². The molecule has 30 heavy (non-hydrogen) atoms. The number of pyridine rings is 1. The minimum absolute atomic E-state index is 0.117. The van der Waals surface area contributed by atoms with Crippen molar-refractivity contribution in [2.45, 2.75) is 0 Å². The molecule has 0 aliphatic carbocycles. The summed E-state index contributed by atoms with van der Waals surface area (Å²) in [5, 5.41) is 3.18. The number of halogens is 3. The number of amides is 1. The molecule has 3 aromatic rings. The number of ether oxygens (including phenoxy) is 1. The smallest absolute Gasteiger partial charge is 0.339 e. The molecule has 2 aromatic carbocycles. The van der Waals surface area contributed by atoms with Gasteiger partial charge >= 0.3 is 5.97 Å². The largest absolute Gasteiger partial charge is 0.452 e. The molecule has 0 saturated carbocycles. The molecular formula is C22H15Cl2FN2O3. The first-order chi connectivity index (χ1) is 14.4. The maximum Gasteiger partial charge on any atom is 0.339 e. The fourth-order valence-corrected chi connectivity index (χ4v) is 2.78. The van der Waals surface area contributed by atoms with E-state index in [0.29, 0.717) is 21.8 Å². The van der Waals surface area contributed by atoms with Crippen LogP contribution in [0.2, 0.25) is 10.2 Å². The molecule has 0 aliphatic heterocycles. The number of anilines is 1.